The number of nitrogens with zero attached hydrogens (tertiary/aromatic N) is 4. The molecule has 2 aromatic heterocycles. The van der Waals surface area contributed by atoms with Crippen LogP contribution in [0.4, 0.5) is 0 Å². The Hall–Kier alpha value is -2.83. The van der Waals surface area contributed by atoms with E-state index in [4.69, 9.17) is 9.15 Å². The normalized spacial score (nSPS) is 10.7. The van der Waals surface area contributed by atoms with Crippen LogP contribution in [0.1, 0.15) is 17.3 Å². The fourth-order valence-electron chi connectivity index (χ4n) is 1.86. The minimum absolute atomic E-state index is 0.164. The molecule has 3 aromatic rings. The number of ether oxygens (including phenoxy) is 1. The third-order valence-electron chi connectivity index (χ3n) is 2.78. The average Bonchev–Trinajstić information content (AvgIpc) is 3.06. The Bertz CT molecular complexity index is 735. The second-order valence-electron chi connectivity index (χ2n) is 4.55. The van der Waals surface area contributed by atoms with Crippen LogP contribution < -0.4 is 4.74 Å². The molecule has 0 atom stereocenters. The van der Waals surface area contributed by atoms with E-state index in [1.165, 1.54) is 0 Å². The van der Waals surface area contributed by atoms with Crippen molar-refractivity contribution in [3.8, 4) is 11.5 Å². The molecule has 1 aromatic carbocycles. The first-order valence-corrected chi connectivity index (χ1v) is 6.41. The Morgan fingerprint density at radius 2 is 2.24 bits per heavy atom. The van der Waals surface area contributed by atoms with Crippen molar-refractivity contribution in [1.29, 1.82) is 0 Å². The molecule has 7 heteroatoms. The van der Waals surface area contributed by atoms with Gasteiger partial charge in [-0.25, -0.2) is 9.67 Å². The van der Waals surface area contributed by atoms with E-state index >= 15 is 0 Å². The Labute approximate surface area is 120 Å². The van der Waals surface area contributed by atoms with E-state index in [1.807, 2.05) is 0 Å². The summed E-state index contributed by atoms with van der Waals surface area (Å²) in [5.41, 5.74) is 1.48. The van der Waals surface area contributed by atoms with Crippen molar-refractivity contribution in [2.45, 2.75) is 20.1 Å². The molecule has 21 heavy (non-hydrogen) atoms. The number of phenols is 1. The lowest BCUT2D eigenvalue weighted by atomic mass is 10.3. The zero-order valence-corrected chi connectivity index (χ0v) is 11.4. The van der Waals surface area contributed by atoms with Crippen LogP contribution in [-0.2, 0) is 13.2 Å². The van der Waals surface area contributed by atoms with Gasteiger partial charge in [0.1, 0.15) is 35.8 Å². The van der Waals surface area contributed by atoms with Crippen molar-refractivity contribution in [3.63, 3.8) is 0 Å². The lowest BCUT2D eigenvalue weighted by Gasteiger charge is -2.03. The number of hydrogen-bond acceptors (Lipinski definition) is 6. The van der Waals surface area contributed by atoms with Gasteiger partial charge in [-0.1, -0.05) is 11.3 Å². The first-order chi connectivity index (χ1) is 10.2. The maximum Gasteiger partial charge on any atom is 0.191 e. The maximum atomic E-state index is 9.35. The molecule has 0 aliphatic carbocycles. The summed E-state index contributed by atoms with van der Waals surface area (Å²) < 4.78 is 12.3. The number of aromatic nitrogens is 4. The zero-order valence-electron chi connectivity index (χ0n) is 11.4. The Morgan fingerprint density at radius 1 is 1.33 bits per heavy atom. The SMILES string of the molecule is Cc1nc(Cn2cc(COc3cccc(O)c3)nn2)co1. The summed E-state index contributed by atoms with van der Waals surface area (Å²) in [4.78, 5) is 4.20. The van der Waals surface area contributed by atoms with Gasteiger partial charge < -0.3 is 14.3 Å². The van der Waals surface area contributed by atoms with Crippen LogP contribution in [0.5, 0.6) is 11.5 Å². The van der Waals surface area contributed by atoms with Gasteiger partial charge in [-0.2, -0.15) is 0 Å². The van der Waals surface area contributed by atoms with E-state index < -0.39 is 0 Å². The summed E-state index contributed by atoms with van der Waals surface area (Å²) in [6, 6.07) is 6.61. The van der Waals surface area contributed by atoms with Gasteiger partial charge in [0.05, 0.1) is 12.7 Å². The highest BCUT2D eigenvalue weighted by Crippen LogP contribution is 2.18. The predicted molar refractivity (Wildman–Crippen MR) is 72.8 cm³/mol. The number of benzene rings is 1. The third kappa shape index (κ3) is 3.38. The minimum Gasteiger partial charge on any atom is -0.508 e. The largest absolute Gasteiger partial charge is 0.508 e. The molecular weight excluding hydrogens is 272 g/mol. The van der Waals surface area contributed by atoms with Crippen molar-refractivity contribution in [2.24, 2.45) is 0 Å². The Kier molecular flexibility index (Phi) is 3.55. The highest BCUT2D eigenvalue weighted by Gasteiger charge is 2.05. The second-order valence-corrected chi connectivity index (χ2v) is 4.55. The van der Waals surface area contributed by atoms with Crippen LogP contribution in [0.3, 0.4) is 0 Å². The van der Waals surface area contributed by atoms with E-state index in [9.17, 15) is 5.11 Å². The summed E-state index contributed by atoms with van der Waals surface area (Å²) in [5, 5.41) is 17.4. The number of phenolic OH excluding ortho intramolecular Hbond substituents is 1. The van der Waals surface area contributed by atoms with E-state index in [0.29, 0.717) is 23.9 Å². The highest BCUT2D eigenvalue weighted by molar-refractivity contribution is 5.31. The van der Waals surface area contributed by atoms with Crippen molar-refractivity contribution < 1.29 is 14.3 Å². The van der Waals surface area contributed by atoms with E-state index in [1.54, 1.807) is 48.3 Å². The fraction of sp³-hybridized carbons (Fsp3) is 0.214. The van der Waals surface area contributed by atoms with Gasteiger partial charge in [-0.3, -0.25) is 0 Å². The lowest BCUT2D eigenvalue weighted by Crippen LogP contribution is -2.00. The quantitative estimate of drug-likeness (QED) is 0.771. The Morgan fingerprint density at radius 3 is 3.00 bits per heavy atom. The molecule has 0 saturated heterocycles. The average molecular weight is 286 g/mol. The molecule has 0 radical (unpaired) electrons. The van der Waals surface area contributed by atoms with Gasteiger partial charge in [-0.15, -0.1) is 5.10 Å². The zero-order chi connectivity index (χ0) is 14.7. The molecule has 0 fully saturated rings. The Balaban J connectivity index is 1.60. The molecular formula is C14H14N4O3. The molecule has 0 aliphatic heterocycles. The smallest absolute Gasteiger partial charge is 0.191 e. The number of oxazole rings is 1. The van der Waals surface area contributed by atoms with E-state index in [2.05, 4.69) is 15.3 Å². The minimum atomic E-state index is 0.164. The van der Waals surface area contributed by atoms with Crippen LogP contribution in [0.2, 0.25) is 0 Å². The first-order valence-electron chi connectivity index (χ1n) is 6.41. The van der Waals surface area contributed by atoms with Gasteiger partial charge in [0.15, 0.2) is 5.89 Å². The molecule has 7 nitrogen and oxygen atoms in total. The molecule has 2 heterocycles. The molecule has 108 valence electrons. The summed E-state index contributed by atoms with van der Waals surface area (Å²) in [7, 11) is 0. The predicted octanol–water partition coefficient (Wildman–Crippen LogP) is 1.91. The number of aromatic hydroxyl groups is 1. The van der Waals surface area contributed by atoms with Gasteiger partial charge in [0.2, 0.25) is 0 Å². The summed E-state index contributed by atoms with van der Waals surface area (Å²) >= 11 is 0. The standard InChI is InChI=1S/C14H14N4O3/c1-10-15-11(8-20-10)6-18-7-12(16-17-18)9-21-14-4-2-3-13(19)5-14/h2-5,7-8,19H,6,9H2,1H3. The monoisotopic (exact) mass is 286 g/mol. The lowest BCUT2D eigenvalue weighted by molar-refractivity contribution is 0.299. The van der Waals surface area contributed by atoms with Crippen LogP contribution in [0, 0.1) is 6.92 Å². The number of aryl methyl sites for hydroxylation is 1. The van der Waals surface area contributed by atoms with Crippen molar-refractivity contribution in [3.05, 3.63) is 54.0 Å². The van der Waals surface area contributed by atoms with E-state index in [-0.39, 0.29) is 12.4 Å². The van der Waals surface area contributed by atoms with Crippen LogP contribution in [0.15, 0.2) is 41.1 Å². The van der Waals surface area contributed by atoms with Gasteiger partial charge in [0.25, 0.3) is 0 Å². The van der Waals surface area contributed by atoms with Gasteiger partial charge >= 0.3 is 0 Å². The number of rotatable bonds is 5. The summed E-state index contributed by atoms with van der Waals surface area (Å²) in [6.07, 6.45) is 3.38. The third-order valence-corrected chi connectivity index (χ3v) is 2.78. The summed E-state index contributed by atoms with van der Waals surface area (Å²) in [5.74, 6) is 1.37. The van der Waals surface area contributed by atoms with Crippen LogP contribution in [0.25, 0.3) is 0 Å². The van der Waals surface area contributed by atoms with Crippen molar-refractivity contribution in [2.75, 3.05) is 0 Å². The van der Waals surface area contributed by atoms with Crippen LogP contribution in [-0.4, -0.2) is 25.1 Å². The van der Waals surface area contributed by atoms with Crippen molar-refractivity contribution in [1.82, 2.24) is 20.0 Å². The van der Waals surface area contributed by atoms with Gasteiger partial charge in [-0.05, 0) is 12.1 Å². The molecule has 0 aliphatic rings. The second kappa shape index (κ2) is 5.66. The molecule has 0 saturated carbocycles. The topological polar surface area (TPSA) is 86.2 Å². The molecule has 1 N–H and O–H groups in total. The molecule has 0 spiro atoms. The van der Waals surface area contributed by atoms with Crippen molar-refractivity contribution >= 4 is 0 Å². The van der Waals surface area contributed by atoms with Gasteiger partial charge in [0, 0.05) is 13.0 Å². The molecule has 0 amide bonds. The first kappa shape index (κ1) is 13.2. The van der Waals surface area contributed by atoms with E-state index in [0.717, 1.165) is 5.69 Å². The highest BCUT2D eigenvalue weighted by atomic mass is 16.5. The summed E-state index contributed by atoms with van der Waals surface area (Å²) in [6.45, 7) is 2.57. The maximum absolute atomic E-state index is 9.35. The van der Waals surface area contributed by atoms with Crippen LogP contribution >= 0.6 is 0 Å². The number of hydrogen-bond donors (Lipinski definition) is 1. The molecule has 0 unspecified atom stereocenters. The molecule has 3 rings (SSSR count). The fourth-order valence-corrected chi connectivity index (χ4v) is 1.86. The molecule has 0 bridgehead atoms.